The average Bonchev–Trinajstić information content (AvgIpc) is 2.37. The molecule has 112 valence electrons. The molecule has 0 bridgehead atoms. The van der Waals surface area contributed by atoms with Gasteiger partial charge in [-0.1, -0.05) is 22.9 Å². The number of rotatable bonds is 7. The van der Waals surface area contributed by atoms with E-state index in [1.165, 1.54) is 0 Å². The van der Waals surface area contributed by atoms with Crippen molar-refractivity contribution in [3.63, 3.8) is 0 Å². The van der Waals surface area contributed by atoms with Crippen LogP contribution in [0.4, 0.5) is 0 Å². The van der Waals surface area contributed by atoms with Gasteiger partial charge in [0.05, 0.1) is 0 Å². The fraction of sp³-hybridized carbons (Fsp3) is 0.533. The molecule has 0 spiro atoms. The monoisotopic (exact) mass is 342 g/mol. The van der Waals surface area contributed by atoms with E-state index in [-0.39, 0.29) is 18.6 Å². The second-order valence-electron chi connectivity index (χ2n) is 4.92. The van der Waals surface area contributed by atoms with Crippen LogP contribution in [-0.4, -0.2) is 25.1 Å². The minimum atomic E-state index is -0.0969. The largest absolute Gasteiger partial charge is 0.483 e. The zero-order valence-corrected chi connectivity index (χ0v) is 13.9. The Labute approximate surface area is 129 Å². The van der Waals surface area contributed by atoms with Crippen LogP contribution in [0.2, 0.25) is 0 Å². The van der Waals surface area contributed by atoms with E-state index in [1.54, 1.807) is 0 Å². The van der Waals surface area contributed by atoms with Gasteiger partial charge >= 0.3 is 0 Å². The van der Waals surface area contributed by atoms with Crippen molar-refractivity contribution in [1.29, 1.82) is 0 Å². The predicted molar refractivity (Wildman–Crippen MR) is 85.0 cm³/mol. The Morgan fingerprint density at radius 1 is 1.50 bits per heavy atom. The second kappa shape index (κ2) is 8.27. The van der Waals surface area contributed by atoms with Crippen LogP contribution in [-0.2, 0) is 11.2 Å². The first-order chi connectivity index (χ1) is 9.47. The molecule has 0 aromatic heterocycles. The molecule has 0 saturated carbocycles. The molecule has 0 aliphatic heterocycles. The number of hydrogen-bond donors (Lipinski definition) is 2. The smallest absolute Gasteiger partial charge is 0.258 e. The van der Waals surface area contributed by atoms with Crippen molar-refractivity contribution in [1.82, 2.24) is 5.32 Å². The van der Waals surface area contributed by atoms with Gasteiger partial charge < -0.3 is 15.8 Å². The van der Waals surface area contributed by atoms with Crippen LogP contribution in [0.25, 0.3) is 0 Å². The van der Waals surface area contributed by atoms with Gasteiger partial charge in [-0.3, -0.25) is 4.79 Å². The van der Waals surface area contributed by atoms with Crippen molar-refractivity contribution in [2.45, 2.75) is 39.7 Å². The number of aryl methyl sites for hydroxylation is 1. The molecule has 5 heteroatoms. The van der Waals surface area contributed by atoms with Crippen molar-refractivity contribution in [3.8, 4) is 5.75 Å². The fourth-order valence-electron chi connectivity index (χ4n) is 1.90. The van der Waals surface area contributed by atoms with Crippen molar-refractivity contribution in [2.24, 2.45) is 5.73 Å². The predicted octanol–water partition coefficient (Wildman–Crippen LogP) is 2.55. The molecular formula is C15H23BrN2O2. The Kier molecular flexibility index (Phi) is 7.02. The molecule has 0 aliphatic carbocycles. The maximum atomic E-state index is 11.8. The van der Waals surface area contributed by atoms with Gasteiger partial charge in [0, 0.05) is 10.5 Å². The van der Waals surface area contributed by atoms with Gasteiger partial charge in [-0.2, -0.15) is 0 Å². The quantitative estimate of drug-likeness (QED) is 0.800. The van der Waals surface area contributed by atoms with Crippen molar-refractivity contribution < 1.29 is 9.53 Å². The molecular weight excluding hydrogens is 320 g/mol. The van der Waals surface area contributed by atoms with E-state index < -0.39 is 0 Å². The summed E-state index contributed by atoms with van der Waals surface area (Å²) in [6, 6.07) is 4.13. The summed E-state index contributed by atoms with van der Waals surface area (Å²) >= 11 is 3.46. The number of nitrogens with one attached hydrogen (secondary N) is 1. The van der Waals surface area contributed by atoms with Crippen molar-refractivity contribution in [2.75, 3.05) is 13.2 Å². The molecule has 1 aromatic carbocycles. The molecule has 1 amide bonds. The van der Waals surface area contributed by atoms with E-state index >= 15 is 0 Å². The van der Waals surface area contributed by atoms with Gasteiger partial charge in [-0.15, -0.1) is 0 Å². The van der Waals surface area contributed by atoms with E-state index in [2.05, 4.69) is 21.2 Å². The SMILES string of the molecule is CCC(C)NC(=O)COc1c(C)cc(Br)cc1CCN. The van der Waals surface area contributed by atoms with Gasteiger partial charge in [-0.25, -0.2) is 0 Å². The minimum Gasteiger partial charge on any atom is -0.483 e. The summed E-state index contributed by atoms with van der Waals surface area (Å²) in [6.07, 6.45) is 1.63. The summed E-state index contributed by atoms with van der Waals surface area (Å²) in [5.41, 5.74) is 7.64. The Bertz CT molecular complexity index is 463. The Balaban J connectivity index is 2.74. The van der Waals surface area contributed by atoms with E-state index in [4.69, 9.17) is 10.5 Å². The van der Waals surface area contributed by atoms with Gasteiger partial charge in [0.2, 0.25) is 0 Å². The molecule has 1 aromatic rings. The first kappa shape index (κ1) is 17.0. The lowest BCUT2D eigenvalue weighted by Gasteiger charge is -2.16. The number of halogens is 1. The molecule has 20 heavy (non-hydrogen) atoms. The topological polar surface area (TPSA) is 64.3 Å². The highest BCUT2D eigenvalue weighted by Gasteiger charge is 2.12. The highest BCUT2D eigenvalue weighted by molar-refractivity contribution is 9.10. The van der Waals surface area contributed by atoms with Crippen LogP contribution in [0.1, 0.15) is 31.4 Å². The molecule has 0 aliphatic rings. The number of carbonyl (C=O) groups is 1. The lowest BCUT2D eigenvalue weighted by Crippen LogP contribution is -2.35. The van der Waals surface area contributed by atoms with Crippen LogP contribution >= 0.6 is 15.9 Å². The van der Waals surface area contributed by atoms with E-state index in [0.717, 1.165) is 34.2 Å². The van der Waals surface area contributed by atoms with Crippen molar-refractivity contribution in [3.05, 3.63) is 27.7 Å². The lowest BCUT2D eigenvalue weighted by atomic mass is 10.1. The Hall–Kier alpha value is -1.07. The minimum absolute atomic E-state index is 0.0321. The molecule has 4 nitrogen and oxygen atoms in total. The third kappa shape index (κ3) is 5.13. The molecule has 0 fully saturated rings. The molecule has 1 atom stereocenters. The van der Waals surface area contributed by atoms with E-state index in [9.17, 15) is 4.79 Å². The van der Waals surface area contributed by atoms with E-state index in [1.807, 2.05) is 32.9 Å². The van der Waals surface area contributed by atoms with Crippen LogP contribution < -0.4 is 15.8 Å². The number of nitrogens with two attached hydrogens (primary N) is 1. The lowest BCUT2D eigenvalue weighted by molar-refractivity contribution is -0.123. The van der Waals surface area contributed by atoms with Gasteiger partial charge in [0.25, 0.3) is 5.91 Å². The van der Waals surface area contributed by atoms with Gasteiger partial charge in [0.15, 0.2) is 6.61 Å². The summed E-state index contributed by atoms with van der Waals surface area (Å²) in [5.74, 6) is 0.665. The first-order valence-electron chi connectivity index (χ1n) is 6.89. The van der Waals surface area contributed by atoms with Crippen LogP contribution in [0, 0.1) is 6.92 Å². The summed E-state index contributed by atoms with van der Waals surface area (Å²) in [6.45, 7) is 6.55. The van der Waals surface area contributed by atoms with Crippen molar-refractivity contribution >= 4 is 21.8 Å². The fourth-order valence-corrected chi connectivity index (χ4v) is 2.52. The summed E-state index contributed by atoms with van der Waals surface area (Å²) in [5, 5.41) is 2.88. The second-order valence-corrected chi connectivity index (χ2v) is 5.83. The normalized spacial score (nSPS) is 12.1. The number of ether oxygens (including phenoxy) is 1. The highest BCUT2D eigenvalue weighted by atomic mass is 79.9. The van der Waals surface area contributed by atoms with Gasteiger partial charge in [0.1, 0.15) is 5.75 Å². The molecule has 3 N–H and O–H groups in total. The maximum Gasteiger partial charge on any atom is 0.258 e. The number of carbonyl (C=O) groups excluding carboxylic acids is 1. The summed E-state index contributed by atoms with van der Waals surface area (Å²) < 4.78 is 6.69. The summed E-state index contributed by atoms with van der Waals surface area (Å²) in [4.78, 5) is 11.8. The molecule has 1 rings (SSSR count). The number of hydrogen-bond acceptors (Lipinski definition) is 3. The first-order valence-corrected chi connectivity index (χ1v) is 7.68. The van der Waals surface area contributed by atoms with Crippen LogP contribution in [0.5, 0.6) is 5.75 Å². The molecule has 0 saturated heterocycles. The zero-order chi connectivity index (χ0) is 15.1. The maximum absolute atomic E-state index is 11.8. The van der Waals surface area contributed by atoms with Crippen LogP contribution in [0.3, 0.4) is 0 Å². The molecule has 0 heterocycles. The number of amides is 1. The molecule has 1 unspecified atom stereocenters. The Morgan fingerprint density at radius 3 is 2.80 bits per heavy atom. The molecule has 0 radical (unpaired) electrons. The zero-order valence-electron chi connectivity index (χ0n) is 12.3. The Morgan fingerprint density at radius 2 is 2.20 bits per heavy atom. The summed E-state index contributed by atoms with van der Waals surface area (Å²) in [7, 11) is 0. The van der Waals surface area contributed by atoms with Gasteiger partial charge in [-0.05, 0) is 56.5 Å². The third-order valence-electron chi connectivity index (χ3n) is 3.10. The average molecular weight is 343 g/mol. The highest BCUT2D eigenvalue weighted by Crippen LogP contribution is 2.28. The van der Waals surface area contributed by atoms with Crippen LogP contribution in [0.15, 0.2) is 16.6 Å². The number of benzene rings is 1. The van der Waals surface area contributed by atoms with E-state index in [0.29, 0.717) is 6.54 Å². The standard InChI is InChI=1S/C15H23BrN2O2/c1-4-11(3)18-14(19)9-20-15-10(2)7-13(16)8-12(15)5-6-17/h7-8,11H,4-6,9,17H2,1-3H3,(H,18,19). The third-order valence-corrected chi connectivity index (χ3v) is 3.56.